The van der Waals surface area contributed by atoms with Gasteiger partial charge in [-0.25, -0.2) is 4.79 Å². The Hall–Kier alpha value is -2.53. The number of nitrogens with one attached hydrogen (secondary N) is 2. The Labute approximate surface area is 151 Å². The number of carbonyl (C=O) groups excluding carboxylic acids is 2. The van der Waals surface area contributed by atoms with Gasteiger partial charge in [0.15, 0.2) is 0 Å². The lowest BCUT2D eigenvalue weighted by atomic mass is 9.95. The number of ether oxygens (including phenoxy) is 1. The molecule has 1 heterocycles. The van der Waals surface area contributed by atoms with Gasteiger partial charge in [0.05, 0.1) is 18.0 Å². The minimum Gasteiger partial charge on any atom is -0.445 e. The molecular weight excluding hydrogens is 340 g/mol. The fraction of sp³-hybridized carbons (Fsp3) is 0.263. The van der Waals surface area contributed by atoms with Crippen LogP contribution >= 0.6 is 11.6 Å². The first-order valence-electron chi connectivity index (χ1n) is 8.08. The molecule has 5 nitrogen and oxygen atoms in total. The zero-order chi connectivity index (χ0) is 17.8. The molecule has 2 aromatic carbocycles. The zero-order valence-corrected chi connectivity index (χ0v) is 14.5. The van der Waals surface area contributed by atoms with Crippen molar-refractivity contribution in [1.82, 2.24) is 10.6 Å². The molecule has 1 aliphatic rings. The van der Waals surface area contributed by atoms with Gasteiger partial charge in [0.2, 0.25) is 5.91 Å². The quantitative estimate of drug-likeness (QED) is 0.879. The van der Waals surface area contributed by atoms with Crippen LogP contribution in [0.4, 0.5) is 4.79 Å². The topological polar surface area (TPSA) is 67.4 Å². The molecule has 0 aliphatic carbocycles. The summed E-state index contributed by atoms with van der Waals surface area (Å²) in [4.78, 5) is 24.3. The smallest absolute Gasteiger partial charge is 0.407 e. The molecule has 25 heavy (non-hydrogen) atoms. The molecule has 3 atom stereocenters. The molecule has 0 saturated carbocycles. The highest BCUT2D eigenvalue weighted by molar-refractivity contribution is 6.31. The molecule has 2 aromatic rings. The van der Waals surface area contributed by atoms with Gasteiger partial charge >= 0.3 is 6.09 Å². The summed E-state index contributed by atoms with van der Waals surface area (Å²) in [7, 11) is 0. The summed E-state index contributed by atoms with van der Waals surface area (Å²) in [6.45, 7) is 1.94. The number of benzene rings is 2. The number of hydrogen-bond acceptors (Lipinski definition) is 3. The van der Waals surface area contributed by atoms with Crippen molar-refractivity contribution in [3.05, 3.63) is 70.7 Å². The van der Waals surface area contributed by atoms with E-state index in [2.05, 4.69) is 10.6 Å². The van der Waals surface area contributed by atoms with Crippen LogP contribution in [0.15, 0.2) is 54.6 Å². The molecule has 3 unspecified atom stereocenters. The van der Waals surface area contributed by atoms with Gasteiger partial charge in [0, 0.05) is 5.02 Å². The first-order valence-corrected chi connectivity index (χ1v) is 8.46. The number of rotatable bonds is 4. The first kappa shape index (κ1) is 17.3. The van der Waals surface area contributed by atoms with Crippen LogP contribution < -0.4 is 10.6 Å². The number of hydrogen-bond donors (Lipinski definition) is 2. The van der Waals surface area contributed by atoms with Gasteiger partial charge in [-0.15, -0.1) is 0 Å². The number of alkyl carbamates (subject to hydrolysis) is 1. The van der Waals surface area contributed by atoms with E-state index in [0.717, 1.165) is 11.1 Å². The van der Waals surface area contributed by atoms with Crippen molar-refractivity contribution in [2.24, 2.45) is 5.92 Å². The number of carbonyl (C=O) groups is 2. The van der Waals surface area contributed by atoms with Crippen molar-refractivity contribution < 1.29 is 14.3 Å². The molecule has 0 spiro atoms. The van der Waals surface area contributed by atoms with Crippen LogP contribution in [0.25, 0.3) is 0 Å². The molecule has 1 fully saturated rings. The number of amides is 2. The van der Waals surface area contributed by atoms with Gasteiger partial charge in [-0.2, -0.15) is 0 Å². The lowest BCUT2D eigenvalue weighted by molar-refractivity contribution is -0.122. The summed E-state index contributed by atoms with van der Waals surface area (Å²) in [5.74, 6) is -0.510. The maximum absolute atomic E-state index is 12.2. The zero-order valence-electron chi connectivity index (χ0n) is 13.7. The lowest BCUT2D eigenvalue weighted by Crippen LogP contribution is -2.41. The van der Waals surface area contributed by atoms with Gasteiger partial charge in [0.1, 0.15) is 6.61 Å². The third-order valence-electron chi connectivity index (χ3n) is 4.35. The second-order valence-corrected chi connectivity index (χ2v) is 6.44. The Balaban J connectivity index is 1.69. The molecule has 0 radical (unpaired) electrons. The summed E-state index contributed by atoms with van der Waals surface area (Å²) in [6, 6.07) is 15.9. The third kappa shape index (κ3) is 3.94. The molecule has 2 N–H and O–H groups in total. The summed E-state index contributed by atoms with van der Waals surface area (Å²) in [5.41, 5.74) is 1.67. The van der Waals surface area contributed by atoms with Crippen molar-refractivity contribution in [3.63, 3.8) is 0 Å². The van der Waals surface area contributed by atoms with Crippen LogP contribution in [0.1, 0.15) is 24.1 Å². The molecule has 0 aromatic heterocycles. The molecule has 0 bridgehead atoms. The molecule has 1 aliphatic heterocycles. The summed E-state index contributed by atoms with van der Waals surface area (Å²) in [5, 5.41) is 6.25. The third-order valence-corrected chi connectivity index (χ3v) is 4.69. The Kier molecular flexibility index (Phi) is 5.24. The van der Waals surface area contributed by atoms with E-state index in [1.165, 1.54) is 0 Å². The van der Waals surface area contributed by atoms with Crippen molar-refractivity contribution in [2.45, 2.75) is 25.6 Å². The second kappa shape index (κ2) is 7.57. The average Bonchev–Trinajstić information content (AvgIpc) is 2.89. The van der Waals surface area contributed by atoms with Crippen molar-refractivity contribution in [1.29, 1.82) is 0 Å². The predicted octanol–water partition coefficient (Wildman–Crippen LogP) is 3.44. The van der Waals surface area contributed by atoms with E-state index < -0.39 is 12.1 Å². The minimum atomic E-state index is -0.561. The first-order chi connectivity index (χ1) is 12.1. The van der Waals surface area contributed by atoms with E-state index in [-0.39, 0.29) is 24.5 Å². The second-order valence-electron chi connectivity index (χ2n) is 6.03. The molecule has 2 amide bonds. The van der Waals surface area contributed by atoms with Gasteiger partial charge < -0.3 is 15.4 Å². The van der Waals surface area contributed by atoms with Gasteiger partial charge in [-0.05, 0) is 17.2 Å². The van der Waals surface area contributed by atoms with Gasteiger partial charge in [0.25, 0.3) is 0 Å². The summed E-state index contributed by atoms with van der Waals surface area (Å²) in [6.07, 6.45) is -0.561. The normalized spacial score (nSPS) is 22.3. The van der Waals surface area contributed by atoms with Crippen LogP contribution in [-0.4, -0.2) is 18.0 Å². The predicted molar refractivity (Wildman–Crippen MR) is 95.1 cm³/mol. The van der Waals surface area contributed by atoms with Gasteiger partial charge in [-0.1, -0.05) is 67.1 Å². The highest BCUT2D eigenvalue weighted by Gasteiger charge is 2.42. The Morgan fingerprint density at radius 1 is 1.16 bits per heavy atom. The molecule has 1 saturated heterocycles. The largest absolute Gasteiger partial charge is 0.445 e. The maximum Gasteiger partial charge on any atom is 0.407 e. The van der Waals surface area contributed by atoms with Gasteiger partial charge in [-0.3, -0.25) is 4.79 Å². The minimum absolute atomic E-state index is 0.127. The fourth-order valence-corrected chi connectivity index (χ4v) is 3.19. The lowest BCUT2D eigenvalue weighted by Gasteiger charge is -2.23. The fourth-order valence-electron chi connectivity index (χ4n) is 2.93. The van der Waals surface area contributed by atoms with Crippen LogP contribution in [0.2, 0.25) is 5.02 Å². The van der Waals surface area contributed by atoms with E-state index in [1.54, 1.807) is 13.0 Å². The van der Waals surface area contributed by atoms with Crippen LogP contribution in [-0.2, 0) is 16.1 Å². The monoisotopic (exact) mass is 358 g/mol. The molecule has 3 rings (SSSR count). The van der Waals surface area contributed by atoms with E-state index in [4.69, 9.17) is 16.3 Å². The standard InChI is InChI=1S/C19H19ClN2O3/c1-12-16(22-19(24)25-11-13-7-3-2-4-8-13)17(21-18(12)23)14-9-5-6-10-15(14)20/h2-10,12,16-17H,11H2,1H3,(H,21,23)(H,22,24). The van der Waals surface area contributed by atoms with Crippen molar-refractivity contribution in [2.75, 3.05) is 0 Å². The SMILES string of the molecule is CC1C(=O)NC(c2ccccc2Cl)C1NC(=O)OCc1ccccc1. The van der Waals surface area contributed by atoms with Crippen LogP contribution in [0.5, 0.6) is 0 Å². The van der Waals surface area contributed by atoms with E-state index in [0.29, 0.717) is 5.02 Å². The highest BCUT2D eigenvalue weighted by Crippen LogP contribution is 2.32. The van der Waals surface area contributed by atoms with E-state index >= 15 is 0 Å². The molecular formula is C19H19ClN2O3. The van der Waals surface area contributed by atoms with Crippen molar-refractivity contribution >= 4 is 23.6 Å². The summed E-state index contributed by atoms with van der Waals surface area (Å²) >= 11 is 6.25. The number of halogens is 1. The van der Waals surface area contributed by atoms with Crippen molar-refractivity contribution in [3.8, 4) is 0 Å². The van der Waals surface area contributed by atoms with E-state index in [9.17, 15) is 9.59 Å². The molecule has 130 valence electrons. The average molecular weight is 359 g/mol. The Morgan fingerprint density at radius 2 is 1.84 bits per heavy atom. The Bertz CT molecular complexity index is 766. The van der Waals surface area contributed by atoms with Crippen LogP contribution in [0.3, 0.4) is 0 Å². The Morgan fingerprint density at radius 3 is 2.56 bits per heavy atom. The maximum atomic E-state index is 12.2. The summed E-state index contributed by atoms with van der Waals surface area (Å²) < 4.78 is 5.27. The van der Waals surface area contributed by atoms with E-state index in [1.807, 2.05) is 48.5 Å². The van der Waals surface area contributed by atoms with Crippen LogP contribution in [0, 0.1) is 5.92 Å². The highest BCUT2D eigenvalue weighted by atomic mass is 35.5. The molecule has 6 heteroatoms.